The Morgan fingerprint density at radius 2 is 2.00 bits per heavy atom. The smallest absolute Gasteiger partial charge is 0.324 e. The van der Waals surface area contributed by atoms with Crippen LogP contribution < -0.4 is 4.72 Å². The van der Waals surface area contributed by atoms with E-state index in [1.165, 1.54) is 7.11 Å². The fourth-order valence-corrected chi connectivity index (χ4v) is 2.69. The largest absolute Gasteiger partial charge is 0.480 e. The molecule has 0 bridgehead atoms. The van der Waals surface area contributed by atoms with Crippen molar-refractivity contribution in [1.29, 1.82) is 0 Å². The fourth-order valence-electron chi connectivity index (χ4n) is 1.37. The quantitative estimate of drug-likeness (QED) is 0.740. The number of nitrogens with one attached hydrogen (secondary N) is 1. The molecule has 7 heteroatoms. The minimum absolute atomic E-state index is 0.219. The molecule has 0 radical (unpaired) electrons. The highest BCUT2D eigenvalue weighted by Crippen LogP contribution is 2.05. The van der Waals surface area contributed by atoms with E-state index in [1.54, 1.807) is 30.3 Å². The minimum Gasteiger partial charge on any atom is -0.480 e. The summed E-state index contributed by atoms with van der Waals surface area (Å²) in [5.74, 6) is -1.53. The molecule has 1 atom stereocenters. The summed E-state index contributed by atoms with van der Waals surface area (Å²) in [5.41, 5.74) is 0.589. The zero-order chi connectivity index (χ0) is 13.6. The second-order valence-corrected chi connectivity index (χ2v) is 5.46. The molecule has 6 nitrogen and oxygen atoms in total. The molecule has 0 heterocycles. The predicted molar refractivity (Wildman–Crippen MR) is 65.5 cm³/mol. The van der Waals surface area contributed by atoms with Crippen LogP contribution in [0.3, 0.4) is 0 Å². The molecule has 0 fully saturated rings. The molecule has 2 N–H and O–H groups in total. The lowest BCUT2D eigenvalue weighted by Gasteiger charge is -2.13. The Morgan fingerprint density at radius 3 is 2.50 bits per heavy atom. The Labute approximate surface area is 106 Å². The molecular weight excluding hydrogens is 258 g/mol. The molecule has 0 saturated carbocycles. The third kappa shape index (κ3) is 4.82. The predicted octanol–water partition coefficient (Wildman–Crippen LogP) is 0.206. The van der Waals surface area contributed by atoms with Crippen molar-refractivity contribution in [2.75, 3.05) is 13.7 Å². The highest BCUT2D eigenvalue weighted by Gasteiger charge is 2.23. The molecule has 18 heavy (non-hydrogen) atoms. The van der Waals surface area contributed by atoms with Crippen molar-refractivity contribution in [1.82, 2.24) is 4.72 Å². The van der Waals surface area contributed by atoms with Gasteiger partial charge in [-0.05, 0) is 5.56 Å². The van der Waals surface area contributed by atoms with Crippen molar-refractivity contribution < 1.29 is 23.1 Å². The highest BCUT2D eigenvalue weighted by molar-refractivity contribution is 7.88. The number of sulfonamides is 1. The maximum atomic E-state index is 11.8. The van der Waals surface area contributed by atoms with Crippen molar-refractivity contribution in [3.05, 3.63) is 35.9 Å². The van der Waals surface area contributed by atoms with Crippen molar-refractivity contribution in [3.63, 3.8) is 0 Å². The molecular formula is C11H15NO5S. The number of carboxylic acids is 1. The van der Waals surface area contributed by atoms with Crippen molar-refractivity contribution >= 4 is 16.0 Å². The number of hydrogen-bond donors (Lipinski definition) is 2. The average Bonchev–Trinajstić information content (AvgIpc) is 2.28. The first kappa shape index (κ1) is 14.6. The molecule has 0 saturated heterocycles. The standard InChI is InChI=1S/C11H15NO5S/c1-17-7-10(11(13)14)12-18(15,16)8-9-5-3-2-4-6-9/h2-6,10,12H,7-8H2,1H3,(H,13,14). The van der Waals surface area contributed by atoms with Crippen LogP contribution in [-0.4, -0.2) is 39.3 Å². The van der Waals surface area contributed by atoms with Gasteiger partial charge in [-0.3, -0.25) is 4.79 Å². The molecule has 1 unspecified atom stereocenters. The SMILES string of the molecule is COCC(NS(=O)(=O)Cc1ccccc1)C(=O)O. The van der Waals surface area contributed by atoms with Crippen LogP contribution in [-0.2, 0) is 25.3 Å². The van der Waals surface area contributed by atoms with Gasteiger partial charge in [0.25, 0.3) is 0 Å². The Hall–Kier alpha value is -1.44. The zero-order valence-corrected chi connectivity index (χ0v) is 10.7. The second-order valence-electron chi connectivity index (χ2n) is 3.71. The number of carbonyl (C=O) groups is 1. The monoisotopic (exact) mass is 273 g/mol. The summed E-state index contributed by atoms with van der Waals surface area (Å²) in [6, 6.07) is 7.25. The summed E-state index contributed by atoms with van der Waals surface area (Å²) in [4.78, 5) is 10.8. The normalized spacial score (nSPS) is 13.2. The minimum atomic E-state index is -3.71. The van der Waals surface area contributed by atoms with Gasteiger partial charge < -0.3 is 9.84 Å². The molecule has 0 aromatic heterocycles. The van der Waals surface area contributed by atoms with E-state index in [-0.39, 0.29) is 12.4 Å². The molecule has 1 aromatic rings. The second kappa shape index (κ2) is 6.48. The first-order valence-corrected chi connectivity index (χ1v) is 6.85. The maximum Gasteiger partial charge on any atom is 0.324 e. The van der Waals surface area contributed by atoms with Crippen LogP contribution in [0.15, 0.2) is 30.3 Å². The van der Waals surface area contributed by atoms with Gasteiger partial charge in [0.1, 0.15) is 6.04 Å². The third-order valence-electron chi connectivity index (χ3n) is 2.15. The molecule has 100 valence electrons. The summed E-state index contributed by atoms with van der Waals surface area (Å²) in [6.07, 6.45) is 0. The lowest BCUT2D eigenvalue weighted by atomic mass is 10.2. The van der Waals surface area contributed by atoms with Crippen molar-refractivity contribution in [3.8, 4) is 0 Å². The van der Waals surface area contributed by atoms with Gasteiger partial charge in [0.2, 0.25) is 10.0 Å². The number of carboxylic acid groups (broad SMARTS) is 1. The molecule has 1 aromatic carbocycles. The van der Waals surface area contributed by atoms with E-state index in [1.807, 2.05) is 0 Å². The van der Waals surface area contributed by atoms with Crippen LogP contribution in [0, 0.1) is 0 Å². The molecule has 0 aliphatic rings. The van der Waals surface area contributed by atoms with Gasteiger partial charge in [-0.1, -0.05) is 30.3 Å². The van der Waals surface area contributed by atoms with E-state index in [9.17, 15) is 13.2 Å². The fraction of sp³-hybridized carbons (Fsp3) is 0.364. The van der Waals surface area contributed by atoms with Crippen LogP contribution in [0.25, 0.3) is 0 Å². The Balaban J connectivity index is 2.72. The van der Waals surface area contributed by atoms with Gasteiger partial charge in [-0.15, -0.1) is 0 Å². The number of aliphatic carboxylic acids is 1. The van der Waals surface area contributed by atoms with Crippen LogP contribution in [0.1, 0.15) is 5.56 Å². The van der Waals surface area contributed by atoms with Gasteiger partial charge >= 0.3 is 5.97 Å². The van der Waals surface area contributed by atoms with E-state index in [2.05, 4.69) is 9.46 Å². The van der Waals surface area contributed by atoms with Gasteiger partial charge in [0.15, 0.2) is 0 Å². The van der Waals surface area contributed by atoms with Crippen LogP contribution >= 0.6 is 0 Å². The van der Waals surface area contributed by atoms with E-state index in [0.717, 1.165) is 0 Å². The average molecular weight is 273 g/mol. The van der Waals surface area contributed by atoms with E-state index >= 15 is 0 Å². The summed E-state index contributed by atoms with van der Waals surface area (Å²) < 4.78 is 30.3. The lowest BCUT2D eigenvalue weighted by molar-refractivity contribution is -0.140. The van der Waals surface area contributed by atoms with Crippen molar-refractivity contribution in [2.24, 2.45) is 0 Å². The van der Waals surface area contributed by atoms with E-state index in [0.29, 0.717) is 5.56 Å². The first-order valence-electron chi connectivity index (χ1n) is 5.20. The zero-order valence-electron chi connectivity index (χ0n) is 9.87. The number of hydrogen-bond acceptors (Lipinski definition) is 4. The summed E-state index contributed by atoms with van der Waals surface area (Å²) in [6.45, 7) is -0.219. The summed E-state index contributed by atoms with van der Waals surface area (Å²) >= 11 is 0. The molecule has 0 spiro atoms. The van der Waals surface area contributed by atoms with Gasteiger partial charge in [0.05, 0.1) is 12.4 Å². The maximum absolute atomic E-state index is 11.8. The van der Waals surface area contributed by atoms with E-state index in [4.69, 9.17) is 5.11 Å². The van der Waals surface area contributed by atoms with Crippen molar-refractivity contribution in [2.45, 2.75) is 11.8 Å². The topological polar surface area (TPSA) is 92.7 Å². The number of benzene rings is 1. The molecule has 0 aliphatic heterocycles. The van der Waals surface area contributed by atoms with E-state index < -0.39 is 22.0 Å². The Morgan fingerprint density at radius 1 is 1.39 bits per heavy atom. The Kier molecular flexibility index (Phi) is 5.26. The van der Waals surface area contributed by atoms with Crippen LogP contribution in [0.4, 0.5) is 0 Å². The first-order chi connectivity index (χ1) is 8.44. The molecule has 1 rings (SSSR count). The summed E-state index contributed by atoms with van der Waals surface area (Å²) in [7, 11) is -2.40. The van der Waals surface area contributed by atoms with Gasteiger partial charge in [-0.25, -0.2) is 8.42 Å². The van der Waals surface area contributed by atoms with Gasteiger partial charge in [-0.2, -0.15) is 4.72 Å². The highest BCUT2D eigenvalue weighted by atomic mass is 32.2. The lowest BCUT2D eigenvalue weighted by Crippen LogP contribution is -2.44. The van der Waals surface area contributed by atoms with Gasteiger partial charge in [0, 0.05) is 7.11 Å². The number of ether oxygens (including phenoxy) is 1. The molecule has 0 aliphatic carbocycles. The number of rotatable bonds is 7. The molecule has 0 amide bonds. The number of methoxy groups -OCH3 is 1. The van der Waals surface area contributed by atoms with Crippen LogP contribution in [0.2, 0.25) is 0 Å². The Bertz CT molecular complexity index is 485. The summed E-state index contributed by atoms with van der Waals surface area (Å²) in [5, 5.41) is 8.83. The van der Waals surface area contributed by atoms with Crippen LogP contribution in [0.5, 0.6) is 0 Å². The third-order valence-corrected chi connectivity index (χ3v) is 3.51.